The van der Waals surface area contributed by atoms with Gasteiger partial charge in [-0.25, -0.2) is 5.48 Å². The maximum Gasteiger partial charge on any atom is 0.275 e. The summed E-state index contributed by atoms with van der Waals surface area (Å²) in [5.41, 5.74) is 4.35. The van der Waals surface area contributed by atoms with Crippen LogP contribution in [0.15, 0.2) is 24.3 Å². The van der Waals surface area contributed by atoms with Crippen LogP contribution in [0.3, 0.4) is 0 Å². The number of hydrogen-bond acceptors (Lipinski definition) is 2. The van der Waals surface area contributed by atoms with Crippen LogP contribution in [0, 0.1) is 0 Å². The molecule has 1 fully saturated rings. The van der Waals surface area contributed by atoms with Crippen LogP contribution in [-0.2, 0) is 11.3 Å². The van der Waals surface area contributed by atoms with Gasteiger partial charge < -0.3 is 0 Å². The van der Waals surface area contributed by atoms with E-state index in [0.29, 0.717) is 5.56 Å². The van der Waals surface area contributed by atoms with Crippen LogP contribution in [0.4, 0.5) is 0 Å². The quantitative estimate of drug-likeness (QED) is 0.812. The van der Waals surface area contributed by atoms with Crippen LogP contribution in [0.2, 0.25) is 0 Å². The highest BCUT2D eigenvalue weighted by atomic mass is 16.7. The van der Waals surface area contributed by atoms with Gasteiger partial charge in [-0.3, -0.25) is 9.63 Å². The first-order valence-electron chi connectivity index (χ1n) is 6.35. The van der Waals surface area contributed by atoms with E-state index in [1.807, 2.05) is 31.2 Å². The fourth-order valence-electron chi connectivity index (χ4n) is 2.25. The lowest BCUT2D eigenvalue weighted by Crippen LogP contribution is -2.29. The van der Waals surface area contributed by atoms with E-state index in [1.54, 1.807) is 0 Å². The molecule has 0 heterocycles. The van der Waals surface area contributed by atoms with Crippen molar-refractivity contribution >= 4 is 5.91 Å². The summed E-state index contributed by atoms with van der Waals surface area (Å²) in [6.07, 6.45) is 5.56. The molecule has 0 atom stereocenters. The average Bonchev–Trinajstić information content (AvgIpc) is 2.89. The molecule has 1 aliphatic rings. The third-order valence-corrected chi connectivity index (χ3v) is 3.26. The van der Waals surface area contributed by atoms with E-state index >= 15 is 0 Å². The number of rotatable bonds is 4. The highest BCUT2D eigenvalue weighted by Gasteiger charge is 2.17. The number of aryl methyl sites for hydroxylation is 1. The molecule has 3 nitrogen and oxygen atoms in total. The Labute approximate surface area is 102 Å². The van der Waals surface area contributed by atoms with Crippen LogP contribution in [0.5, 0.6) is 0 Å². The van der Waals surface area contributed by atoms with Gasteiger partial charge >= 0.3 is 0 Å². The maximum atomic E-state index is 11.9. The average molecular weight is 233 g/mol. The van der Waals surface area contributed by atoms with Gasteiger partial charge in [-0.15, -0.1) is 0 Å². The van der Waals surface area contributed by atoms with E-state index < -0.39 is 0 Å². The first-order chi connectivity index (χ1) is 8.31. The molecular weight excluding hydrogens is 214 g/mol. The molecule has 1 aromatic rings. The molecule has 0 saturated heterocycles. The summed E-state index contributed by atoms with van der Waals surface area (Å²) >= 11 is 0. The van der Waals surface area contributed by atoms with E-state index in [4.69, 9.17) is 4.84 Å². The zero-order valence-corrected chi connectivity index (χ0v) is 10.2. The lowest BCUT2D eigenvalue weighted by Gasteiger charge is -2.12. The highest BCUT2D eigenvalue weighted by Crippen LogP contribution is 2.20. The number of carbonyl (C=O) groups excluding carboxylic acids is 1. The molecule has 0 bridgehead atoms. The molecule has 17 heavy (non-hydrogen) atoms. The van der Waals surface area contributed by atoms with Crippen LogP contribution >= 0.6 is 0 Å². The third kappa shape index (κ3) is 3.07. The van der Waals surface area contributed by atoms with Crippen molar-refractivity contribution in [2.45, 2.75) is 45.1 Å². The van der Waals surface area contributed by atoms with Gasteiger partial charge in [0.1, 0.15) is 0 Å². The topological polar surface area (TPSA) is 38.3 Å². The third-order valence-electron chi connectivity index (χ3n) is 3.26. The Balaban J connectivity index is 1.94. The number of hydroxylamine groups is 1. The summed E-state index contributed by atoms with van der Waals surface area (Å²) in [6, 6.07) is 7.65. The van der Waals surface area contributed by atoms with Gasteiger partial charge in [-0.1, -0.05) is 38.0 Å². The summed E-state index contributed by atoms with van der Waals surface area (Å²) in [5.74, 6) is -0.130. The van der Waals surface area contributed by atoms with E-state index in [0.717, 1.165) is 24.8 Å². The monoisotopic (exact) mass is 233 g/mol. The van der Waals surface area contributed by atoms with Crippen molar-refractivity contribution in [2.24, 2.45) is 0 Å². The standard InChI is InChI=1S/C14H19NO2/c1-2-11-7-3-6-10-13(11)14(16)15-17-12-8-4-5-9-12/h3,6-7,10,12H,2,4-5,8-9H2,1H3,(H,15,16). The largest absolute Gasteiger partial charge is 0.275 e. The van der Waals surface area contributed by atoms with Crippen molar-refractivity contribution in [3.05, 3.63) is 35.4 Å². The first-order valence-corrected chi connectivity index (χ1v) is 6.35. The van der Waals surface area contributed by atoms with Crippen molar-refractivity contribution in [3.63, 3.8) is 0 Å². The van der Waals surface area contributed by atoms with Crippen LogP contribution in [0.25, 0.3) is 0 Å². The Hall–Kier alpha value is -1.35. The molecule has 1 saturated carbocycles. The second-order valence-corrected chi connectivity index (χ2v) is 4.47. The predicted molar refractivity (Wildman–Crippen MR) is 66.6 cm³/mol. The van der Waals surface area contributed by atoms with Gasteiger partial charge in [0.25, 0.3) is 5.91 Å². The van der Waals surface area contributed by atoms with Gasteiger partial charge in [-0.2, -0.15) is 0 Å². The molecule has 92 valence electrons. The minimum absolute atomic E-state index is 0.130. The molecular formula is C14H19NO2. The van der Waals surface area contributed by atoms with Crippen molar-refractivity contribution < 1.29 is 9.63 Å². The SMILES string of the molecule is CCc1ccccc1C(=O)NOC1CCCC1. The number of carbonyl (C=O) groups is 1. The summed E-state index contributed by atoms with van der Waals surface area (Å²) in [7, 11) is 0. The van der Waals surface area contributed by atoms with E-state index in [1.165, 1.54) is 12.8 Å². The minimum Gasteiger partial charge on any atom is -0.270 e. The Bertz CT molecular complexity index is 384. The summed E-state index contributed by atoms with van der Waals surface area (Å²) in [6.45, 7) is 2.05. The molecule has 0 aliphatic heterocycles. The zero-order valence-electron chi connectivity index (χ0n) is 10.2. The van der Waals surface area contributed by atoms with Crippen molar-refractivity contribution in [3.8, 4) is 0 Å². The smallest absolute Gasteiger partial charge is 0.270 e. The van der Waals surface area contributed by atoms with Gasteiger partial charge in [0.2, 0.25) is 0 Å². The molecule has 1 N–H and O–H groups in total. The van der Waals surface area contributed by atoms with Crippen molar-refractivity contribution in [1.82, 2.24) is 5.48 Å². The lowest BCUT2D eigenvalue weighted by atomic mass is 10.1. The fourth-order valence-corrected chi connectivity index (χ4v) is 2.25. The minimum atomic E-state index is -0.130. The second-order valence-electron chi connectivity index (χ2n) is 4.47. The summed E-state index contributed by atoms with van der Waals surface area (Å²) in [5, 5.41) is 0. The molecule has 2 rings (SSSR count). The van der Waals surface area contributed by atoms with Gasteiger partial charge in [-0.05, 0) is 30.9 Å². The predicted octanol–water partition coefficient (Wildman–Crippen LogP) is 2.85. The molecule has 0 unspecified atom stereocenters. The molecule has 1 aliphatic carbocycles. The zero-order chi connectivity index (χ0) is 12.1. The van der Waals surface area contributed by atoms with Crippen LogP contribution < -0.4 is 5.48 Å². The number of nitrogens with one attached hydrogen (secondary N) is 1. The van der Waals surface area contributed by atoms with E-state index in [-0.39, 0.29) is 12.0 Å². The second kappa shape index (κ2) is 5.82. The Morgan fingerprint density at radius 1 is 1.35 bits per heavy atom. The van der Waals surface area contributed by atoms with Crippen molar-refractivity contribution in [1.29, 1.82) is 0 Å². The molecule has 1 aromatic carbocycles. The highest BCUT2D eigenvalue weighted by molar-refractivity contribution is 5.94. The van der Waals surface area contributed by atoms with Crippen LogP contribution in [-0.4, -0.2) is 12.0 Å². The molecule has 0 spiro atoms. The van der Waals surface area contributed by atoms with Gasteiger partial charge in [0.15, 0.2) is 0 Å². The van der Waals surface area contributed by atoms with Crippen molar-refractivity contribution in [2.75, 3.05) is 0 Å². The van der Waals surface area contributed by atoms with E-state index in [9.17, 15) is 4.79 Å². The fraction of sp³-hybridized carbons (Fsp3) is 0.500. The number of hydrogen-bond donors (Lipinski definition) is 1. The molecule has 0 aromatic heterocycles. The molecule has 3 heteroatoms. The summed E-state index contributed by atoms with van der Waals surface area (Å²) < 4.78 is 0. The Morgan fingerprint density at radius 2 is 2.06 bits per heavy atom. The number of amides is 1. The lowest BCUT2D eigenvalue weighted by molar-refractivity contribution is -0.0125. The van der Waals surface area contributed by atoms with E-state index in [2.05, 4.69) is 5.48 Å². The summed E-state index contributed by atoms with van der Waals surface area (Å²) in [4.78, 5) is 17.4. The molecule has 1 amide bonds. The Morgan fingerprint density at radius 3 is 2.76 bits per heavy atom. The molecule has 0 radical (unpaired) electrons. The maximum absolute atomic E-state index is 11.9. The number of benzene rings is 1. The first kappa shape index (κ1) is 12.1. The van der Waals surface area contributed by atoms with Crippen LogP contribution in [0.1, 0.15) is 48.5 Å². The normalized spacial score (nSPS) is 16.1. The Kier molecular flexibility index (Phi) is 4.15. The van der Waals surface area contributed by atoms with Gasteiger partial charge in [0, 0.05) is 5.56 Å². The van der Waals surface area contributed by atoms with Gasteiger partial charge in [0.05, 0.1) is 6.10 Å².